The van der Waals surface area contributed by atoms with E-state index in [1.54, 1.807) is 0 Å². The second-order valence-electron chi connectivity index (χ2n) is 5.54. The summed E-state index contributed by atoms with van der Waals surface area (Å²) >= 11 is 0. The van der Waals surface area contributed by atoms with Crippen molar-refractivity contribution in [2.75, 3.05) is 39.3 Å². The third kappa shape index (κ3) is 3.44. The minimum absolute atomic E-state index is 0.239. The Bertz CT molecular complexity index is 289. The van der Waals surface area contributed by atoms with Crippen LogP contribution in [0, 0.1) is 17.2 Å². The Morgan fingerprint density at radius 2 is 1.89 bits per heavy atom. The van der Waals surface area contributed by atoms with Gasteiger partial charge in [-0.2, -0.15) is 5.26 Å². The van der Waals surface area contributed by atoms with Gasteiger partial charge < -0.3 is 5.11 Å². The number of aliphatic hydroxyl groups is 1. The first-order valence-electron chi connectivity index (χ1n) is 7.32. The van der Waals surface area contributed by atoms with Gasteiger partial charge in [0.1, 0.15) is 0 Å². The summed E-state index contributed by atoms with van der Waals surface area (Å²) in [5.41, 5.74) is 0. The van der Waals surface area contributed by atoms with Crippen molar-refractivity contribution in [1.82, 2.24) is 9.80 Å². The molecule has 1 heterocycles. The Morgan fingerprint density at radius 1 is 1.06 bits per heavy atom. The van der Waals surface area contributed by atoms with Gasteiger partial charge in [0.2, 0.25) is 0 Å². The lowest BCUT2D eigenvalue weighted by atomic mass is 9.84. The number of aliphatic hydroxyl groups excluding tert-OH is 1. The molecule has 2 unspecified atom stereocenters. The van der Waals surface area contributed by atoms with Crippen molar-refractivity contribution in [1.29, 1.82) is 5.26 Å². The van der Waals surface area contributed by atoms with E-state index in [-0.39, 0.29) is 12.5 Å². The van der Waals surface area contributed by atoms with E-state index in [9.17, 15) is 5.26 Å². The largest absolute Gasteiger partial charge is 0.395 e. The number of hydrogen-bond donors (Lipinski definition) is 1. The van der Waals surface area contributed by atoms with Crippen molar-refractivity contribution in [3.63, 3.8) is 0 Å². The highest BCUT2D eigenvalue weighted by molar-refractivity contribution is 4.96. The summed E-state index contributed by atoms with van der Waals surface area (Å²) in [6.45, 7) is 5.34. The standard InChI is InChI=1S/C14H25N3O/c15-12-13-4-1-2-5-14(13)17-7-3-6-16(8-9-17)10-11-18/h13-14,18H,1-11H2. The third-order valence-corrected chi connectivity index (χ3v) is 4.40. The van der Waals surface area contributed by atoms with Crippen LogP contribution in [0.3, 0.4) is 0 Å². The van der Waals surface area contributed by atoms with Crippen LogP contribution in [0.5, 0.6) is 0 Å². The molecule has 0 aromatic heterocycles. The van der Waals surface area contributed by atoms with Gasteiger partial charge in [0.05, 0.1) is 18.6 Å². The molecule has 1 aliphatic carbocycles. The van der Waals surface area contributed by atoms with Gasteiger partial charge in [-0.1, -0.05) is 12.8 Å². The van der Waals surface area contributed by atoms with Gasteiger partial charge in [0.25, 0.3) is 0 Å². The van der Waals surface area contributed by atoms with Crippen LogP contribution < -0.4 is 0 Å². The van der Waals surface area contributed by atoms with Crippen LogP contribution in [0.15, 0.2) is 0 Å². The van der Waals surface area contributed by atoms with E-state index in [1.807, 2.05) is 0 Å². The van der Waals surface area contributed by atoms with E-state index >= 15 is 0 Å². The fourth-order valence-corrected chi connectivity index (χ4v) is 3.39. The summed E-state index contributed by atoms with van der Waals surface area (Å²) in [6.07, 6.45) is 5.93. The fourth-order valence-electron chi connectivity index (χ4n) is 3.39. The molecule has 0 amide bonds. The van der Waals surface area contributed by atoms with Gasteiger partial charge in [-0.15, -0.1) is 0 Å². The molecule has 1 N–H and O–H groups in total. The lowest BCUT2D eigenvalue weighted by molar-refractivity contribution is 0.128. The highest BCUT2D eigenvalue weighted by Crippen LogP contribution is 2.28. The summed E-state index contributed by atoms with van der Waals surface area (Å²) in [5.74, 6) is 0.239. The highest BCUT2D eigenvalue weighted by atomic mass is 16.3. The molecule has 4 heteroatoms. The minimum atomic E-state index is 0.239. The summed E-state index contributed by atoms with van der Waals surface area (Å²) < 4.78 is 0. The lowest BCUT2D eigenvalue weighted by Crippen LogP contribution is -2.44. The first kappa shape index (κ1) is 13.8. The molecule has 0 radical (unpaired) electrons. The second kappa shape index (κ2) is 7.08. The normalized spacial score (nSPS) is 31.8. The molecule has 0 aromatic carbocycles. The molecule has 2 fully saturated rings. The Kier molecular flexibility index (Phi) is 5.43. The lowest BCUT2D eigenvalue weighted by Gasteiger charge is -2.36. The number of rotatable bonds is 3. The van der Waals surface area contributed by atoms with Gasteiger partial charge in [-0.3, -0.25) is 9.80 Å². The summed E-state index contributed by atoms with van der Waals surface area (Å²) in [6, 6.07) is 3.00. The monoisotopic (exact) mass is 251 g/mol. The summed E-state index contributed by atoms with van der Waals surface area (Å²) in [5, 5.41) is 18.3. The smallest absolute Gasteiger partial charge is 0.0672 e. The van der Waals surface area contributed by atoms with Crippen LogP contribution in [0.2, 0.25) is 0 Å². The van der Waals surface area contributed by atoms with Gasteiger partial charge in [0.15, 0.2) is 0 Å². The molecule has 0 aromatic rings. The maximum atomic E-state index is 9.28. The van der Waals surface area contributed by atoms with Gasteiger partial charge >= 0.3 is 0 Å². The Hall–Kier alpha value is -0.630. The highest BCUT2D eigenvalue weighted by Gasteiger charge is 2.30. The van der Waals surface area contributed by atoms with E-state index < -0.39 is 0 Å². The van der Waals surface area contributed by atoms with Crippen LogP contribution in [0.25, 0.3) is 0 Å². The van der Waals surface area contributed by atoms with Crippen LogP contribution in [-0.4, -0.2) is 60.3 Å². The Balaban J connectivity index is 1.90. The van der Waals surface area contributed by atoms with Crippen LogP contribution in [0.1, 0.15) is 32.1 Å². The zero-order valence-corrected chi connectivity index (χ0v) is 11.2. The van der Waals surface area contributed by atoms with Crippen LogP contribution in [-0.2, 0) is 0 Å². The fraction of sp³-hybridized carbons (Fsp3) is 0.929. The Morgan fingerprint density at radius 3 is 2.67 bits per heavy atom. The maximum absolute atomic E-state index is 9.28. The van der Waals surface area contributed by atoms with E-state index in [4.69, 9.17) is 5.11 Å². The zero-order chi connectivity index (χ0) is 12.8. The first-order valence-corrected chi connectivity index (χ1v) is 7.32. The van der Waals surface area contributed by atoms with Crippen LogP contribution in [0.4, 0.5) is 0 Å². The molecule has 0 bridgehead atoms. The van der Waals surface area contributed by atoms with E-state index in [0.29, 0.717) is 6.04 Å². The van der Waals surface area contributed by atoms with Crippen molar-refractivity contribution in [2.45, 2.75) is 38.1 Å². The van der Waals surface area contributed by atoms with Crippen molar-refractivity contribution in [2.24, 2.45) is 5.92 Å². The predicted octanol–water partition coefficient (Wildman–Crippen LogP) is 1.07. The minimum Gasteiger partial charge on any atom is -0.395 e. The average molecular weight is 251 g/mol. The average Bonchev–Trinajstić information content (AvgIpc) is 2.65. The molecule has 1 aliphatic heterocycles. The molecule has 1 saturated carbocycles. The van der Waals surface area contributed by atoms with Crippen molar-refractivity contribution < 1.29 is 5.11 Å². The molecule has 18 heavy (non-hydrogen) atoms. The van der Waals surface area contributed by atoms with Crippen molar-refractivity contribution in [3.8, 4) is 6.07 Å². The molecule has 0 spiro atoms. The van der Waals surface area contributed by atoms with Gasteiger partial charge in [-0.25, -0.2) is 0 Å². The van der Waals surface area contributed by atoms with Crippen molar-refractivity contribution >= 4 is 0 Å². The van der Waals surface area contributed by atoms with Crippen molar-refractivity contribution in [3.05, 3.63) is 0 Å². The van der Waals surface area contributed by atoms with E-state index in [0.717, 1.165) is 45.6 Å². The molecular weight excluding hydrogens is 226 g/mol. The molecule has 4 nitrogen and oxygen atoms in total. The number of hydrogen-bond acceptors (Lipinski definition) is 4. The molecule has 1 saturated heterocycles. The molecule has 2 aliphatic rings. The Labute approximate surface area is 110 Å². The molecular formula is C14H25N3O. The third-order valence-electron chi connectivity index (χ3n) is 4.40. The maximum Gasteiger partial charge on any atom is 0.0672 e. The van der Waals surface area contributed by atoms with Crippen LogP contribution >= 0.6 is 0 Å². The van der Waals surface area contributed by atoms with E-state index in [1.165, 1.54) is 19.3 Å². The number of nitriles is 1. The molecule has 102 valence electrons. The van der Waals surface area contributed by atoms with E-state index in [2.05, 4.69) is 15.9 Å². The summed E-state index contributed by atoms with van der Waals surface area (Å²) in [4.78, 5) is 4.87. The van der Waals surface area contributed by atoms with Gasteiger partial charge in [-0.05, 0) is 32.4 Å². The first-order chi connectivity index (χ1) is 8.85. The van der Waals surface area contributed by atoms with Gasteiger partial charge in [0, 0.05) is 25.7 Å². The molecule has 2 atom stereocenters. The topological polar surface area (TPSA) is 50.5 Å². The quantitative estimate of drug-likeness (QED) is 0.815. The zero-order valence-electron chi connectivity index (χ0n) is 11.2. The summed E-state index contributed by atoms with van der Waals surface area (Å²) in [7, 11) is 0. The SMILES string of the molecule is N#CC1CCCCC1N1CCCN(CCO)CC1. The molecule has 2 rings (SSSR count). The number of β-amino-alcohol motifs (C(OH)–C–C–N with tert-alkyl or cyclic N) is 1. The number of nitrogens with zero attached hydrogens (tertiary/aromatic N) is 3. The predicted molar refractivity (Wildman–Crippen MR) is 71.1 cm³/mol. The second-order valence-corrected chi connectivity index (χ2v) is 5.54.